The minimum atomic E-state index is -0.825. The Morgan fingerprint density at radius 1 is 1.21 bits per heavy atom. The van der Waals surface area contributed by atoms with E-state index in [1.54, 1.807) is 0 Å². The summed E-state index contributed by atoms with van der Waals surface area (Å²) in [6.45, 7) is 0.498. The van der Waals surface area contributed by atoms with Gasteiger partial charge in [-0.1, -0.05) is 12.8 Å². The summed E-state index contributed by atoms with van der Waals surface area (Å²) in [7, 11) is 0. The van der Waals surface area contributed by atoms with Crippen molar-refractivity contribution in [2.75, 3.05) is 6.54 Å². The number of rotatable bonds is 0. The van der Waals surface area contributed by atoms with Crippen molar-refractivity contribution in [1.82, 2.24) is 4.90 Å². The van der Waals surface area contributed by atoms with Crippen molar-refractivity contribution in [3.63, 3.8) is 0 Å². The molecule has 2 aliphatic rings. The number of fused-ring (bicyclic) bond motifs is 1. The normalized spacial score (nSPS) is 37.8. The minimum Gasteiger partial charge on any atom is -0.465 e. The summed E-state index contributed by atoms with van der Waals surface area (Å²) in [5, 5.41) is 18.8. The largest absolute Gasteiger partial charge is 0.465 e. The second-order valence-electron chi connectivity index (χ2n) is 4.35. The van der Waals surface area contributed by atoms with E-state index in [1.807, 2.05) is 0 Å². The van der Waals surface area contributed by atoms with E-state index >= 15 is 0 Å². The molecule has 1 aliphatic heterocycles. The highest BCUT2D eigenvalue weighted by molar-refractivity contribution is 5.65. The lowest BCUT2D eigenvalue weighted by Crippen LogP contribution is -2.54. The maximum absolute atomic E-state index is 11.0. The Morgan fingerprint density at radius 2 is 1.93 bits per heavy atom. The summed E-state index contributed by atoms with van der Waals surface area (Å²) < 4.78 is 0. The van der Waals surface area contributed by atoms with Crippen LogP contribution in [-0.2, 0) is 0 Å². The van der Waals surface area contributed by atoms with Gasteiger partial charge in [-0.15, -0.1) is 0 Å². The lowest BCUT2D eigenvalue weighted by atomic mass is 9.77. The fraction of sp³-hybridized carbons (Fsp3) is 0.900. The van der Waals surface area contributed by atoms with Crippen LogP contribution in [0.3, 0.4) is 0 Å². The quantitative estimate of drug-likeness (QED) is 0.618. The molecular formula is C10H17NO3. The Labute approximate surface area is 83.5 Å². The number of amides is 1. The van der Waals surface area contributed by atoms with Gasteiger partial charge in [-0.05, 0) is 19.3 Å². The summed E-state index contributed by atoms with van der Waals surface area (Å²) in [6, 6.07) is 0.0741. The molecule has 2 fully saturated rings. The molecule has 1 aliphatic carbocycles. The lowest BCUT2D eigenvalue weighted by molar-refractivity contribution is -0.0269. The van der Waals surface area contributed by atoms with Crippen LogP contribution in [0.2, 0.25) is 0 Å². The van der Waals surface area contributed by atoms with Crippen molar-refractivity contribution in [2.45, 2.75) is 44.2 Å². The average molecular weight is 199 g/mol. The molecule has 1 saturated heterocycles. The number of hydrogen-bond acceptors (Lipinski definition) is 2. The van der Waals surface area contributed by atoms with Crippen LogP contribution >= 0.6 is 0 Å². The van der Waals surface area contributed by atoms with Crippen LogP contribution in [0.1, 0.15) is 32.1 Å². The van der Waals surface area contributed by atoms with Crippen molar-refractivity contribution < 1.29 is 15.0 Å². The Kier molecular flexibility index (Phi) is 2.63. The Morgan fingerprint density at radius 3 is 2.64 bits per heavy atom. The summed E-state index contributed by atoms with van der Waals surface area (Å²) in [6.07, 6.45) is 3.63. The molecule has 4 heteroatoms. The van der Waals surface area contributed by atoms with Gasteiger partial charge in [0.05, 0.1) is 6.10 Å². The molecule has 3 unspecified atom stereocenters. The van der Waals surface area contributed by atoms with Gasteiger partial charge in [0, 0.05) is 18.5 Å². The fourth-order valence-corrected chi connectivity index (χ4v) is 2.86. The number of aliphatic hydroxyl groups excluding tert-OH is 1. The van der Waals surface area contributed by atoms with Crippen molar-refractivity contribution in [3.05, 3.63) is 0 Å². The molecule has 0 spiro atoms. The second kappa shape index (κ2) is 3.77. The number of carboxylic acid groups (broad SMARTS) is 1. The van der Waals surface area contributed by atoms with Crippen LogP contribution in [0, 0.1) is 5.92 Å². The maximum Gasteiger partial charge on any atom is 0.407 e. The van der Waals surface area contributed by atoms with E-state index in [4.69, 9.17) is 5.11 Å². The molecular weight excluding hydrogens is 182 g/mol. The average Bonchev–Trinajstić information content (AvgIpc) is 2.18. The zero-order chi connectivity index (χ0) is 10.1. The van der Waals surface area contributed by atoms with E-state index in [0.29, 0.717) is 13.0 Å². The molecule has 0 aromatic rings. The Hall–Kier alpha value is -0.770. The molecule has 80 valence electrons. The highest BCUT2D eigenvalue weighted by atomic mass is 16.4. The first-order chi connectivity index (χ1) is 6.70. The van der Waals surface area contributed by atoms with Crippen molar-refractivity contribution in [1.29, 1.82) is 0 Å². The Balaban J connectivity index is 2.12. The lowest BCUT2D eigenvalue weighted by Gasteiger charge is -2.45. The van der Waals surface area contributed by atoms with Gasteiger partial charge < -0.3 is 15.1 Å². The first-order valence-electron chi connectivity index (χ1n) is 5.38. The third-order valence-electron chi connectivity index (χ3n) is 3.59. The first kappa shape index (κ1) is 9.77. The van der Waals surface area contributed by atoms with Crippen LogP contribution in [0.5, 0.6) is 0 Å². The molecule has 2 N–H and O–H groups in total. The van der Waals surface area contributed by atoms with Crippen molar-refractivity contribution >= 4 is 6.09 Å². The Bertz CT molecular complexity index is 231. The molecule has 1 heterocycles. The van der Waals surface area contributed by atoms with Gasteiger partial charge in [0.1, 0.15) is 0 Å². The third-order valence-corrected chi connectivity index (χ3v) is 3.59. The number of nitrogens with zero attached hydrogens (tertiary/aromatic N) is 1. The molecule has 3 atom stereocenters. The smallest absolute Gasteiger partial charge is 0.407 e. The van der Waals surface area contributed by atoms with E-state index in [9.17, 15) is 9.90 Å². The summed E-state index contributed by atoms with van der Waals surface area (Å²) in [5.41, 5.74) is 0. The SMILES string of the molecule is O=C(O)N1CCC(O)C2CCCCC21. The van der Waals surface area contributed by atoms with Gasteiger partial charge in [-0.25, -0.2) is 4.79 Å². The van der Waals surface area contributed by atoms with Crippen molar-refractivity contribution in [2.24, 2.45) is 5.92 Å². The van der Waals surface area contributed by atoms with E-state index < -0.39 is 6.09 Å². The molecule has 1 amide bonds. The zero-order valence-electron chi connectivity index (χ0n) is 8.22. The van der Waals surface area contributed by atoms with Crippen molar-refractivity contribution in [3.8, 4) is 0 Å². The van der Waals surface area contributed by atoms with Crippen LogP contribution < -0.4 is 0 Å². The number of aliphatic hydroxyl groups is 1. The zero-order valence-corrected chi connectivity index (χ0v) is 8.22. The topological polar surface area (TPSA) is 60.8 Å². The third kappa shape index (κ3) is 1.59. The fourth-order valence-electron chi connectivity index (χ4n) is 2.86. The number of hydrogen-bond donors (Lipinski definition) is 2. The van der Waals surface area contributed by atoms with E-state index in [2.05, 4.69) is 0 Å². The first-order valence-corrected chi connectivity index (χ1v) is 5.38. The van der Waals surface area contributed by atoms with E-state index in [-0.39, 0.29) is 18.1 Å². The van der Waals surface area contributed by atoms with Crippen LogP contribution in [-0.4, -0.2) is 39.9 Å². The molecule has 1 saturated carbocycles. The van der Waals surface area contributed by atoms with E-state index in [0.717, 1.165) is 25.7 Å². The van der Waals surface area contributed by atoms with Crippen LogP contribution in [0.4, 0.5) is 4.79 Å². The van der Waals surface area contributed by atoms with Crippen LogP contribution in [0.25, 0.3) is 0 Å². The standard InChI is InChI=1S/C10H17NO3/c12-9-5-6-11(10(13)14)8-4-2-1-3-7(8)9/h7-9,12H,1-6H2,(H,13,14). The number of carbonyl (C=O) groups is 1. The van der Waals surface area contributed by atoms with Gasteiger partial charge in [0.25, 0.3) is 0 Å². The molecule has 0 bridgehead atoms. The molecule has 14 heavy (non-hydrogen) atoms. The highest BCUT2D eigenvalue weighted by Gasteiger charge is 2.40. The molecule has 0 aromatic heterocycles. The van der Waals surface area contributed by atoms with Gasteiger partial charge >= 0.3 is 6.09 Å². The van der Waals surface area contributed by atoms with Gasteiger partial charge in [0.15, 0.2) is 0 Å². The highest BCUT2D eigenvalue weighted by Crippen LogP contribution is 2.35. The second-order valence-corrected chi connectivity index (χ2v) is 4.35. The van der Waals surface area contributed by atoms with Gasteiger partial charge in [-0.2, -0.15) is 0 Å². The number of piperidine rings is 1. The minimum absolute atomic E-state index is 0.0741. The summed E-state index contributed by atoms with van der Waals surface area (Å²) >= 11 is 0. The molecule has 4 nitrogen and oxygen atoms in total. The molecule has 0 aromatic carbocycles. The monoisotopic (exact) mass is 199 g/mol. The predicted molar refractivity (Wildman–Crippen MR) is 51.1 cm³/mol. The maximum atomic E-state index is 11.0. The van der Waals surface area contributed by atoms with Gasteiger partial charge in [0.2, 0.25) is 0 Å². The predicted octanol–water partition coefficient (Wildman–Crippen LogP) is 1.29. The van der Waals surface area contributed by atoms with Crippen LogP contribution in [0.15, 0.2) is 0 Å². The summed E-state index contributed by atoms with van der Waals surface area (Å²) in [4.78, 5) is 12.5. The summed E-state index contributed by atoms with van der Waals surface area (Å²) in [5.74, 6) is 0.189. The van der Waals surface area contributed by atoms with E-state index in [1.165, 1.54) is 4.90 Å². The van der Waals surface area contributed by atoms with Gasteiger partial charge in [-0.3, -0.25) is 0 Å². The molecule has 2 rings (SSSR count). The molecule has 0 radical (unpaired) electrons. The number of likely N-dealkylation sites (tertiary alicyclic amines) is 1.